The lowest BCUT2D eigenvalue weighted by atomic mass is 9.93. The molecule has 4 heteroatoms. The summed E-state index contributed by atoms with van der Waals surface area (Å²) in [5.41, 5.74) is 1.20. The fourth-order valence-corrected chi connectivity index (χ4v) is 4.65. The lowest BCUT2D eigenvalue weighted by molar-refractivity contribution is -0.907. The van der Waals surface area contributed by atoms with Crippen LogP contribution in [0, 0.1) is 24.7 Å². The number of quaternary nitrogens is 1. The van der Waals surface area contributed by atoms with E-state index in [2.05, 4.69) is 12.2 Å². The molecule has 2 bridgehead atoms. The zero-order valence-electron chi connectivity index (χ0n) is 15.1. The molecule has 0 unspecified atom stereocenters. The van der Waals surface area contributed by atoms with Crippen molar-refractivity contribution < 1.29 is 14.4 Å². The van der Waals surface area contributed by atoms with Crippen molar-refractivity contribution in [1.82, 2.24) is 4.90 Å². The first-order chi connectivity index (χ1) is 12.2. The topological polar surface area (TPSA) is 34.0 Å². The summed E-state index contributed by atoms with van der Waals surface area (Å²) < 4.78 is 5.64. The maximum atomic E-state index is 12.4. The van der Waals surface area contributed by atoms with E-state index >= 15 is 0 Å². The van der Waals surface area contributed by atoms with Crippen LogP contribution < -0.4 is 9.64 Å². The zero-order valence-corrected chi connectivity index (χ0v) is 15.1. The first-order valence-electron chi connectivity index (χ1n) is 9.66. The van der Waals surface area contributed by atoms with E-state index in [1.165, 1.54) is 24.9 Å². The molecular weight excluding hydrogens is 312 g/mol. The largest absolute Gasteiger partial charge is 0.484 e. The summed E-state index contributed by atoms with van der Waals surface area (Å²) in [5, 5.41) is 0. The smallest absolute Gasteiger partial charge is 0.260 e. The highest BCUT2D eigenvalue weighted by Gasteiger charge is 2.38. The van der Waals surface area contributed by atoms with Crippen LogP contribution >= 0.6 is 0 Å². The Balaban J connectivity index is 1.19. The Hall–Kier alpha value is -1.81. The summed E-state index contributed by atoms with van der Waals surface area (Å²) in [6, 6.07) is 7.86. The Morgan fingerprint density at radius 1 is 1.16 bits per heavy atom. The van der Waals surface area contributed by atoms with E-state index in [0.29, 0.717) is 0 Å². The highest BCUT2D eigenvalue weighted by molar-refractivity contribution is 5.77. The van der Waals surface area contributed by atoms with Gasteiger partial charge in [0.15, 0.2) is 6.61 Å². The maximum Gasteiger partial charge on any atom is 0.260 e. The maximum absolute atomic E-state index is 12.4. The molecule has 0 aromatic heterocycles. The lowest BCUT2D eigenvalue weighted by Crippen LogP contribution is -3.15. The molecule has 2 fully saturated rings. The van der Waals surface area contributed by atoms with Crippen LogP contribution in [-0.2, 0) is 4.79 Å². The fourth-order valence-electron chi connectivity index (χ4n) is 4.65. The van der Waals surface area contributed by atoms with Crippen LogP contribution in [0.15, 0.2) is 36.4 Å². The number of hydrogen-bond donors (Lipinski definition) is 1. The molecule has 0 radical (unpaired) electrons. The van der Waals surface area contributed by atoms with E-state index in [1.807, 2.05) is 36.1 Å². The second kappa shape index (κ2) is 7.20. The minimum absolute atomic E-state index is 0.113. The van der Waals surface area contributed by atoms with Crippen molar-refractivity contribution in [3.8, 4) is 5.75 Å². The number of rotatable bonds is 5. The van der Waals surface area contributed by atoms with Crippen LogP contribution in [0.3, 0.4) is 0 Å². The van der Waals surface area contributed by atoms with Gasteiger partial charge in [0.05, 0.1) is 32.7 Å². The number of aryl methyl sites for hydroxylation is 1. The number of nitrogens with one attached hydrogen (secondary N) is 1. The number of carbonyl (C=O) groups excluding carboxylic acids is 1. The Labute approximate surface area is 150 Å². The van der Waals surface area contributed by atoms with E-state index in [0.717, 1.165) is 49.7 Å². The number of amides is 1. The molecule has 4 rings (SSSR count). The molecular formula is C21H29N2O2+. The Kier molecular flexibility index (Phi) is 4.80. The normalized spacial score (nSPS) is 28.5. The van der Waals surface area contributed by atoms with Crippen LogP contribution in [0.2, 0.25) is 0 Å². The van der Waals surface area contributed by atoms with Gasteiger partial charge < -0.3 is 14.5 Å². The third-order valence-electron chi connectivity index (χ3n) is 6.17. The van der Waals surface area contributed by atoms with Crippen LogP contribution in [0.4, 0.5) is 0 Å². The van der Waals surface area contributed by atoms with E-state index < -0.39 is 0 Å². The first kappa shape index (κ1) is 16.6. The minimum atomic E-state index is 0.113. The molecule has 1 aromatic rings. The van der Waals surface area contributed by atoms with Crippen molar-refractivity contribution in [2.45, 2.75) is 19.8 Å². The highest BCUT2D eigenvalue weighted by Crippen LogP contribution is 2.42. The molecule has 1 saturated carbocycles. The number of benzene rings is 1. The molecule has 1 saturated heterocycles. The standard InChI is InChI=1S/C21H28N2O2/c1-16-2-6-20(7-3-16)25-15-21(24)23-10-8-22(9-11-23)14-19-13-17-4-5-18(19)12-17/h2-7,17-19H,8-15H2,1H3/p+1/t17-,18-,19-/m0/s1. The molecule has 1 aromatic carbocycles. The van der Waals surface area contributed by atoms with Gasteiger partial charge in [0.1, 0.15) is 5.75 Å². The first-order valence-corrected chi connectivity index (χ1v) is 9.66. The van der Waals surface area contributed by atoms with Crippen molar-refractivity contribution in [1.29, 1.82) is 0 Å². The number of carbonyl (C=O) groups is 1. The van der Waals surface area contributed by atoms with Gasteiger partial charge in [-0.3, -0.25) is 4.79 Å². The van der Waals surface area contributed by atoms with E-state index in [-0.39, 0.29) is 12.5 Å². The van der Waals surface area contributed by atoms with Gasteiger partial charge in [-0.25, -0.2) is 0 Å². The SMILES string of the molecule is Cc1ccc(OCC(=O)N2CC[NH+](C[C@@H]3C[C@H]4C=C[C@H]3C4)CC2)cc1. The summed E-state index contributed by atoms with van der Waals surface area (Å²) in [6.45, 7) is 7.36. The second-order valence-corrected chi connectivity index (χ2v) is 7.98. The number of fused-ring (bicyclic) bond motifs is 2. The molecule has 25 heavy (non-hydrogen) atoms. The van der Waals surface area contributed by atoms with E-state index in [4.69, 9.17) is 4.74 Å². The van der Waals surface area contributed by atoms with Gasteiger partial charge >= 0.3 is 0 Å². The molecule has 4 nitrogen and oxygen atoms in total. The quantitative estimate of drug-likeness (QED) is 0.820. The molecule has 1 heterocycles. The van der Waals surface area contributed by atoms with Gasteiger partial charge in [0, 0.05) is 5.92 Å². The predicted molar refractivity (Wildman–Crippen MR) is 97.7 cm³/mol. The van der Waals surface area contributed by atoms with E-state index in [1.54, 1.807) is 4.90 Å². The van der Waals surface area contributed by atoms with Crippen molar-refractivity contribution in [3.05, 3.63) is 42.0 Å². The molecule has 3 aliphatic rings. The van der Waals surface area contributed by atoms with Crippen molar-refractivity contribution in [2.24, 2.45) is 17.8 Å². The summed E-state index contributed by atoms with van der Waals surface area (Å²) in [6.07, 6.45) is 7.64. The van der Waals surface area contributed by atoms with Gasteiger partial charge in [0.25, 0.3) is 5.91 Å². The third-order valence-corrected chi connectivity index (χ3v) is 6.17. The second-order valence-electron chi connectivity index (χ2n) is 7.98. The van der Waals surface area contributed by atoms with Gasteiger partial charge in [-0.05, 0) is 43.7 Å². The molecule has 2 aliphatic carbocycles. The summed E-state index contributed by atoms with van der Waals surface area (Å²) in [7, 11) is 0. The Bertz CT molecular complexity index is 632. The molecule has 3 atom stereocenters. The van der Waals surface area contributed by atoms with Gasteiger partial charge in [-0.2, -0.15) is 0 Å². The molecule has 134 valence electrons. The fraction of sp³-hybridized carbons (Fsp3) is 0.571. The van der Waals surface area contributed by atoms with Crippen LogP contribution in [-0.4, -0.2) is 50.1 Å². The molecule has 1 aliphatic heterocycles. The number of nitrogens with zero attached hydrogens (tertiary/aromatic N) is 1. The van der Waals surface area contributed by atoms with Gasteiger partial charge in [-0.15, -0.1) is 0 Å². The molecule has 1 N–H and O–H groups in total. The molecule has 0 spiro atoms. The number of hydrogen-bond acceptors (Lipinski definition) is 2. The average Bonchev–Trinajstić information content (AvgIpc) is 3.25. The third kappa shape index (κ3) is 3.90. The summed E-state index contributed by atoms with van der Waals surface area (Å²) in [4.78, 5) is 16.0. The predicted octanol–water partition coefficient (Wildman–Crippen LogP) is 1.31. The van der Waals surface area contributed by atoms with Crippen LogP contribution in [0.1, 0.15) is 18.4 Å². The highest BCUT2D eigenvalue weighted by atomic mass is 16.5. The minimum Gasteiger partial charge on any atom is -0.484 e. The van der Waals surface area contributed by atoms with Crippen molar-refractivity contribution in [3.63, 3.8) is 0 Å². The van der Waals surface area contributed by atoms with Gasteiger partial charge in [-0.1, -0.05) is 29.8 Å². The summed E-state index contributed by atoms with van der Waals surface area (Å²) in [5.74, 6) is 3.45. The van der Waals surface area contributed by atoms with Gasteiger partial charge in [0.2, 0.25) is 0 Å². The summed E-state index contributed by atoms with van der Waals surface area (Å²) >= 11 is 0. The number of allylic oxidation sites excluding steroid dienone is 2. The lowest BCUT2D eigenvalue weighted by Gasteiger charge is -2.34. The Morgan fingerprint density at radius 2 is 1.92 bits per heavy atom. The van der Waals surface area contributed by atoms with Crippen LogP contribution in [0.25, 0.3) is 0 Å². The van der Waals surface area contributed by atoms with E-state index in [9.17, 15) is 4.79 Å². The van der Waals surface area contributed by atoms with Crippen molar-refractivity contribution in [2.75, 3.05) is 39.3 Å². The monoisotopic (exact) mass is 341 g/mol. The molecule has 1 amide bonds. The number of ether oxygens (including phenoxy) is 1. The zero-order chi connectivity index (χ0) is 17.2. The van der Waals surface area contributed by atoms with Crippen LogP contribution in [0.5, 0.6) is 5.75 Å². The van der Waals surface area contributed by atoms with Crippen molar-refractivity contribution >= 4 is 5.91 Å². The number of piperazine rings is 1. The average molecular weight is 341 g/mol. The Morgan fingerprint density at radius 3 is 2.56 bits per heavy atom.